The van der Waals surface area contributed by atoms with Crippen LogP contribution in [0.5, 0.6) is 5.75 Å². The Morgan fingerprint density at radius 2 is 1.83 bits per heavy atom. The molecule has 0 saturated carbocycles. The molecule has 0 radical (unpaired) electrons. The summed E-state index contributed by atoms with van der Waals surface area (Å²) in [6.07, 6.45) is 3.60. The Kier molecular flexibility index (Phi) is 7.27. The Hall–Kier alpha value is -3.89. The molecule has 10 heteroatoms. The van der Waals surface area contributed by atoms with Gasteiger partial charge in [-0.15, -0.1) is 0 Å². The molecule has 4 rings (SSSR count). The van der Waals surface area contributed by atoms with Crippen molar-refractivity contribution < 1.29 is 14.3 Å². The van der Waals surface area contributed by atoms with Crippen LogP contribution in [-0.4, -0.2) is 34.1 Å². The number of carbonyl (C=O) groups excluding carboxylic acids is 2. The van der Waals surface area contributed by atoms with E-state index in [2.05, 4.69) is 41.4 Å². The lowest BCUT2D eigenvalue weighted by Crippen LogP contribution is -2.45. The topological polar surface area (TPSA) is 123 Å². The lowest BCUT2D eigenvalue weighted by atomic mass is 10.1. The molecule has 2 aromatic carbocycles. The van der Waals surface area contributed by atoms with Crippen LogP contribution < -0.4 is 26.4 Å². The van der Waals surface area contributed by atoms with E-state index in [4.69, 9.17) is 10.5 Å². The molecule has 0 aliphatic carbocycles. The molecule has 0 unspecified atom stereocenters. The van der Waals surface area contributed by atoms with Crippen LogP contribution in [0.25, 0.3) is 10.9 Å². The lowest BCUT2D eigenvalue weighted by molar-refractivity contribution is -0.120. The number of carbonyl (C=O) groups is 2. The molecule has 5 N–H and O–H groups in total. The fraction of sp³-hybridized carbons (Fsp3) is 0.192. The van der Waals surface area contributed by atoms with Gasteiger partial charge in [-0.1, -0.05) is 22.0 Å². The number of fused-ring (bicyclic) bond motifs is 1. The number of nitrogens with zero attached hydrogens (tertiary/aromatic N) is 2. The number of nitrogens with two attached hydrogens (primary N) is 1. The van der Waals surface area contributed by atoms with E-state index in [1.807, 2.05) is 48.7 Å². The fourth-order valence-corrected chi connectivity index (χ4v) is 4.00. The average molecular weight is 551 g/mol. The summed E-state index contributed by atoms with van der Waals surface area (Å²) in [6.45, 7) is 3.82. The molecule has 4 aromatic rings. The van der Waals surface area contributed by atoms with Gasteiger partial charge in [0.25, 0.3) is 0 Å². The van der Waals surface area contributed by atoms with Crippen molar-refractivity contribution in [2.24, 2.45) is 5.73 Å². The molecule has 0 atom stereocenters. The maximum Gasteiger partial charge on any atom is 0.323 e. The number of hydrogen-bond acceptors (Lipinski definition) is 5. The summed E-state index contributed by atoms with van der Waals surface area (Å²) in [5.74, 6) is 0.683. The molecule has 0 bridgehead atoms. The first kappa shape index (κ1) is 25.2. The van der Waals surface area contributed by atoms with Crippen molar-refractivity contribution >= 4 is 56.0 Å². The summed E-state index contributed by atoms with van der Waals surface area (Å²) < 4.78 is 8.21. The summed E-state index contributed by atoms with van der Waals surface area (Å²) in [6, 6.07) is 16.4. The van der Waals surface area contributed by atoms with Gasteiger partial charge in [0, 0.05) is 28.8 Å². The van der Waals surface area contributed by atoms with Crippen molar-refractivity contribution in [3.05, 3.63) is 77.0 Å². The average Bonchev–Trinajstić information content (AvgIpc) is 3.22. The first-order chi connectivity index (χ1) is 17.1. The predicted octanol–water partition coefficient (Wildman–Crippen LogP) is 5.18. The van der Waals surface area contributed by atoms with Crippen LogP contribution in [0.3, 0.4) is 0 Å². The van der Waals surface area contributed by atoms with Crippen LogP contribution in [0.1, 0.15) is 19.4 Å². The van der Waals surface area contributed by atoms with Gasteiger partial charge >= 0.3 is 6.03 Å². The lowest BCUT2D eigenvalue weighted by Gasteiger charge is -2.17. The predicted molar refractivity (Wildman–Crippen MR) is 146 cm³/mol. The van der Waals surface area contributed by atoms with Crippen LogP contribution >= 0.6 is 15.9 Å². The Morgan fingerprint density at radius 1 is 1.06 bits per heavy atom. The van der Waals surface area contributed by atoms with Gasteiger partial charge in [0.15, 0.2) is 0 Å². The van der Waals surface area contributed by atoms with Crippen molar-refractivity contribution in [1.82, 2.24) is 9.55 Å². The number of halogens is 1. The molecule has 9 nitrogen and oxygen atoms in total. The number of nitrogens with one attached hydrogen (secondary N) is 3. The van der Waals surface area contributed by atoms with E-state index in [1.54, 1.807) is 39.3 Å². The number of benzene rings is 2. The van der Waals surface area contributed by atoms with E-state index in [0.29, 0.717) is 29.5 Å². The number of rotatable bonds is 7. The highest BCUT2D eigenvalue weighted by atomic mass is 79.9. The number of pyridine rings is 1. The number of anilines is 3. The molecule has 0 aliphatic rings. The second-order valence-corrected chi connectivity index (χ2v) is 9.75. The summed E-state index contributed by atoms with van der Waals surface area (Å²) in [5.41, 5.74) is 7.97. The quantitative estimate of drug-likeness (QED) is 0.252. The highest BCUT2D eigenvalue weighted by molar-refractivity contribution is 9.10. The van der Waals surface area contributed by atoms with Crippen molar-refractivity contribution in [2.75, 3.05) is 23.1 Å². The van der Waals surface area contributed by atoms with Gasteiger partial charge in [-0.3, -0.25) is 4.79 Å². The third kappa shape index (κ3) is 5.84. The zero-order valence-electron chi connectivity index (χ0n) is 20.1. The smallest absolute Gasteiger partial charge is 0.323 e. The van der Waals surface area contributed by atoms with Gasteiger partial charge in [-0.25, -0.2) is 9.78 Å². The van der Waals surface area contributed by atoms with E-state index < -0.39 is 5.54 Å². The van der Waals surface area contributed by atoms with E-state index in [9.17, 15) is 9.59 Å². The number of amides is 3. The largest absolute Gasteiger partial charge is 0.495 e. The van der Waals surface area contributed by atoms with Gasteiger partial charge in [0.1, 0.15) is 11.6 Å². The molecule has 0 aliphatic heterocycles. The van der Waals surface area contributed by atoms with E-state index >= 15 is 0 Å². The van der Waals surface area contributed by atoms with Crippen molar-refractivity contribution in [3.8, 4) is 5.75 Å². The standard InChI is InChI=1S/C26H27BrN6O3/c1-26(2,28)24(34)32-23-13-16(9-11-29-23)15-33-12-10-18-19(5-4-6-21(18)33)30-25(35)31-20-14-17(27)7-8-22(20)36-3/h4-14H,15,28H2,1-3H3,(H,29,32,34)(H2,30,31,35). The zero-order valence-corrected chi connectivity index (χ0v) is 21.7. The van der Waals surface area contributed by atoms with Gasteiger partial charge < -0.3 is 31.0 Å². The summed E-state index contributed by atoms with van der Waals surface area (Å²) in [7, 11) is 1.55. The van der Waals surface area contributed by atoms with Crippen LogP contribution in [0, 0.1) is 0 Å². The molecule has 2 heterocycles. The Balaban J connectivity index is 1.51. The van der Waals surface area contributed by atoms with Crippen molar-refractivity contribution in [1.29, 1.82) is 0 Å². The second kappa shape index (κ2) is 10.4. The zero-order chi connectivity index (χ0) is 25.9. The first-order valence-corrected chi connectivity index (χ1v) is 12.0. The summed E-state index contributed by atoms with van der Waals surface area (Å²) in [5, 5.41) is 9.40. The maximum atomic E-state index is 12.7. The SMILES string of the molecule is COc1ccc(Br)cc1NC(=O)Nc1cccc2c1ccn2Cc1ccnc(NC(=O)C(C)(C)N)c1. The first-order valence-electron chi connectivity index (χ1n) is 11.2. The van der Waals surface area contributed by atoms with Crippen LogP contribution in [0.2, 0.25) is 0 Å². The summed E-state index contributed by atoms with van der Waals surface area (Å²) >= 11 is 3.41. The number of hydrogen-bond donors (Lipinski definition) is 4. The Bertz CT molecular complexity index is 1430. The molecule has 0 spiro atoms. The van der Waals surface area contributed by atoms with Crippen molar-refractivity contribution in [2.45, 2.75) is 25.9 Å². The van der Waals surface area contributed by atoms with Crippen molar-refractivity contribution in [3.63, 3.8) is 0 Å². The van der Waals surface area contributed by atoms with Gasteiger partial charge in [-0.2, -0.15) is 0 Å². The van der Waals surface area contributed by atoms with Gasteiger partial charge in [-0.05, 0) is 67.9 Å². The third-order valence-corrected chi connectivity index (χ3v) is 5.97. The molecule has 0 fully saturated rings. The Morgan fingerprint density at radius 3 is 2.58 bits per heavy atom. The van der Waals surface area contributed by atoms with E-state index in [0.717, 1.165) is 20.9 Å². The van der Waals surface area contributed by atoms with Gasteiger partial charge in [0.2, 0.25) is 5.91 Å². The maximum absolute atomic E-state index is 12.7. The monoisotopic (exact) mass is 550 g/mol. The number of ether oxygens (including phenoxy) is 1. The van der Waals surface area contributed by atoms with E-state index in [1.165, 1.54) is 0 Å². The normalized spacial score (nSPS) is 11.2. The molecule has 2 aromatic heterocycles. The fourth-order valence-electron chi connectivity index (χ4n) is 3.64. The molecule has 0 saturated heterocycles. The minimum atomic E-state index is -1.01. The molecule has 186 valence electrons. The minimum Gasteiger partial charge on any atom is -0.495 e. The second-order valence-electron chi connectivity index (χ2n) is 8.83. The number of aromatic nitrogens is 2. The highest BCUT2D eigenvalue weighted by Crippen LogP contribution is 2.29. The third-order valence-electron chi connectivity index (χ3n) is 5.48. The minimum absolute atomic E-state index is 0.312. The molecule has 36 heavy (non-hydrogen) atoms. The summed E-state index contributed by atoms with van der Waals surface area (Å²) in [4.78, 5) is 29.2. The number of methoxy groups -OCH3 is 1. The molecular weight excluding hydrogens is 524 g/mol. The molecular formula is C26H27BrN6O3. The van der Waals surface area contributed by atoms with Crippen LogP contribution in [-0.2, 0) is 11.3 Å². The molecule has 3 amide bonds. The van der Waals surface area contributed by atoms with Crippen LogP contribution in [0.4, 0.5) is 22.0 Å². The number of urea groups is 1. The Labute approximate surface area is 217 Å². The van der Waals surface area contributed by atoms with Crippen LogP contribution in [0.15, 0.2) is 71.5 Å². The van der Waals surface area contributed by atoms with Gasteiger partial charge in [0.05, 0.1) is 29.5 Å². The van der Waals surface area contributed by atoms with E-state index in [-0.39, 0.29) is 11.9 Å². The highest BCUT2D eigenvalue weighted by Gasteiger charge is 2.22.